The van der Waals surface area contributed by atoms with Crippen LogP contribution in [-0.2, 0) is 6.54 Å². The lowest BCUT2D eigenvalue weighted by Crippen LogP contribution is -2.20. The Balaban J connectivity index is 1.93. The molecular weight excluding hydrogens is 316 g/mol. The van der Waals surface area contributed by atoms with Gasteiger partial charge in [-0.05, 0) is 55.3 Å². The molecule has 0 N–H and O–H groups in total. The standard InChI is InChI=1S/C17H13ClN2OS/c1-10-2-4-13(22-10)8-11-6-7-20-16(11)19-15-9-12(18)3-5-14(15)17(20)21/h2-5,8-9H,6-7H2,1H3. The lowest BCUT2D eigenvalue weighted by Gasteiger charge is -2.05. The molecule has 0 saturated heterocycles. The molecule has 3 nitrogen and oxygen atoms in total. The molecule has 0 saturated carbocycles. The van der Waals surface area contributed by atoms with Crippen LogP contribution in [0.25, 0.3) is 22.6 Å². The van der Waals surface area contributed by atoms with Gasteiger partial charge < -0.3 is 0 Å². The summed E-state index contributed by atoms with van der Waals surface area (Å²) in [6.07, 6.45) is 2.97. The predicted molar refractivity (Wildman–Crippen MR) is 92.6 cm³/mol. The van der Waals surface area contributed by atoms with E-state index in [9.17, 15) is 4.79 Å². The number of nitrogens with zero attached hydrogens (tertiary/aromatic N) is 2. The van der Waals surface area contributed by atoms with Crippen molar-refractivity contribution in [1.82, 2.24) is 9.55 Å². The van der Waals surface area contributed by atoms with Crippen LogP contribution in [0.5, 0.6) is 0 Å². The van der Waals surface area contributed by atoms with Crippen LogP contribution < -0.4 is 5.56 Å². The zero-order valence-electron chi connectivity index (χ0n) is 12.0. The highest BCUT2D eigenvalue weighted by Crippen LogP contribution is 2.29. The van der Waals surface area contributed by atoms with E-state index in [2.05, 4.69) is 30.1 Å². The molecule has 22 heavy (non-hydrogen) atoms. The summed E-state index contributed by atoms with van der Waals surface area (Å²) in [5, 5.41) is 1.23. The lowest BCUT2D eigenvalue weighted by molar-refractivity contribution is 0.725. The second kappa shape index (κ2) is 5.07. The average Bonchev–Trinajstić information content (AvgIpc) is 3.07. The first-order valence-corrected chi connectivity index (χ1v) is 8.29. The van der Waals surface area contributed by atoms with E-state index in [1.54, 1.807) is 34.1 Å². The van der Waals surface area contributed by atoms with Crippen LogP contribution in [0, 0.1) is 6.92 Å². The maximum atomic E-state index is 12.6. The van der Waals surface area contributed by atoms with Gasteiger partial charge in [-0.25, -0.2) is 4.98 Å². The molecule has 0 amide bonds. The zero-order chi connectivity index (χ0) is 15.3. The van der Waals surface area contributed by atoms with Gasteiger partial charge in [0, 0.05) is 21.3 Å². The van der Waals surface area contributed by atoms with Crippen molar-refractivity contribution in [2.45, 2.75) is 19.9 Å². The second-order valence-corrected chi connectivity index (χ2v) is 7.18. The largest absolute Gasteiger partial charge is 0.292 e. The Morgan fingerprint density at radius 3 is 2.95 bits per heavy atom. The smallest absolute Gasteiger partial charge is 0.261 e. The third kappa shape index (κ3) is 2.19. The fraction of sp³-hybridized carbons (Fsp3) is 0.176. The summed E-state index contributed by atoms with van der Waals surface area (Å²) in [7, 11) is 0. The Bertz CT molecular complexity index is 984. The first-order valence-electron chi connectivity index (χ1n) is 7.09. The Labute approximate surface area is 136 Å². The molecule has 1 aliphatic rings. The second-order valence-electron chi connectivity index (χ2n) is 5.42. The summed E-state index contributed by atoms with van der Waals surface area (Å²) < 4.78 is 1.77. The molecule has 0 atom stereocenters. The van der Waals surface area contributed by atoms with Crippen molar-refractivity contribution in [2.75, 3.05) is 0 Å². The molecule has 110 valence electrons. The van der Waals surface area contributed by atoms with Crippen molar-refractivity contribution in [3.05, 3.63) is 61.3 Å². The highest BCUT2D eigenvalue weighted by molar-refractivity contribution is 7.12. The van der Waals surface area contributed by atoms with Crippen molar-refractivity contribution in [2.24, 2.45) is 0 Å². The topological polar surface area (TPSA) is 34.9 Å². The molecular formula is C17H13ClN2OS. The summed E-state index contributed by atoms with van der Waals surface area (Å²) in [5.41, 5.74) is 1.79. The first-order chi connectivity index (χ1) is 10.6. The number of hydrogen-bond acceptors (Lipinski definition) is 3. The predicted octanol–water partition coefficient (Wildman–Crippen LogP) is 4.36. The number of hydrogen-bond donors (Lipinski definition) is 0. The van der Waals surface area contributed by atoms with Crippen molar-refractivity contribution in [1.29, 1.82) is 0 Å². The number of aryl methyl sites for hydroxylation is 1. The van der Waals surface area contributed by atoms with Gasteiger partial charge >= 0.3 is 0 Å². The minimum atomic E-state index is 0.0161. The van der Waals surface area contributed by atoms with Crippen molar-refractivity contribution in [3.63, 3.8) is 0 Å². The van der Waals surface area contributed by atoms with E-state index >= 15 is 0 Å². The summed E-state index contributed by atoms with van der Waals surface area (Å²) in [6, 6.07) is 9.45. The van der Waals surface area contributed by atoms with Gasteiger partial charge in [0.1, 0.15) is 5.82 Å². The molecule has 5 heteroatoms. The van der Waals surface area contributed by atoms with Gasteiger partial charge in [0.15, 0.2) is 0 Å². The Morgan fingerprint density at radius 1 is 1.32 bits per heavy atom. The molecule has 2 aromatic heterocycles. The first kappa shape index (κ1) is 13.7. The number of thiophene rings is 1. The molecule has 0 radical (unpaired) electrons. The van der Waals surface area contributed by atoms with Gasteiger partial charge in [0.05, 0.1) is 10.9 Å². The quantitative estimate of drug-likeness (QED) is 0.665. The van der Waals surface area contributed by atoms with E-state index in [-0.39, 0.29) is 5.56 Å². The molecule has 4 rings (SSSR count). The van der Waals surface area contributed by atoms with Crippen molar-refractivity contribution >= 4 is 45.5 Å². The third-order valence-corrected chi connectivity index (χ3v) is 5.07. The average molecular weight is 329 g/mol. The lowest BCUT2D eigenvalue weighted by atomic mass is 10.2. The fourth-order valence-electron chi connectivity index (χ4n) is 2.83. The van der Waals surface area contributed by atoms with E-state index in [1.165, 1.54) is 9.75 Å². The third-order valence-electron chi connectivity index (χ3n) is 3.89. The molecule has 3 heterocycles. The highest BCUT2D eigenvalue weighted by atomic mass is 35.5. The Hall–Kier alpha value is -1.91. The van der Waals surface area contributed by atoms with Crippen molar-refractivity contribution < 1.29 is 0 Å². The van der Waals surface area contributed by atoms with Crippen LogP contribution >= 0.6 is 22.9 Å². The van der Waals surface area contributed by atoms with Crippen LogP contribution in [0.3, 0.4) is 0 Å². The SMILES string of the molecule is Cc1ccc(C=C2CCn3c2nc2cc(Cl)ccc2c3=O)s1. The number of fused-ring (bicyclic) bond motifs is 2. The fourth-order valence-corrected chi connectivity index (χ4v) is 3.84. The van der Waals surface area contributed by atoms with E-state index < -0.39 is 0 Å². The minimum absolute atomic E-state index is 0.0161. The van der Waals surface area contributed by atoms with Gasteiger partial charge in [0.2, 0.25) is 0 Å². The number of benzene rings is 1. The molecule has 0 fully saturated rings. The van der Waals surface area contributed by atoms with Crippen LogP contribution in [0.4, 0.5) is 0 Å². The van der Waals surface area contributed by atoms with E-state index in [1.807, 2.05) is 0 Å². The van der Waals surface area contributed by atoms with Gasteiger partial charge in [-0.3, -0.25) is 9.36 Å². The summed E-state index contributed by atoms with van der Waals surface area (Å²) in [6.45, 7) is 2.78. The number of aromatic nitrogens is 2. The number of rotatable bonds is 1. The normalized spacial score (nSPS) is 15.6. The van der Waals surface area contributed by atoms with Crippen LogP contribution in [0.15, 0.2) is 35.1 Å². The maximum Gasteiger partial charge on any atom is 0.261 e. The summed E-state index contributed by atoms with van der Waals surface area (Å²) in [5.74, 6) is 0.769. The minimum Gasteiger partial charge on any atom is -0.292 e. The molecule has 0 aliphatic carbocycles. The Kier molecular flexibility index (Phi) is 3.17. The van der Waals surface area contributed by atoms with Gasteiger partial charge in [-0.2, -0.15) is 0 Å². The van der Waals surface area contributed by atoms with Gasteiger partial charge in [-0.15, -0.1) is 11.3 Å². The zero-order valence-corrected chi connectivity index (χ0v) is 13.5. The molecule has 1 aliphatic heterocycles. The maximum absolute atomic E-state index is 12.6. The molecule has 1 aromatic carbocycles. The monoisotopic (exact) mass is 328 g/mol. The Morgan fingerprint density at radius 2 is 2.18 bits per heavy atom. The highest BCUT2D eigenvalue weighted by Gasteiger charge is 2.21. The van der Waals surface area contributed by atoms with Crippen molar-refractivity contribution in [3.8, 4) is 0 Å². The van der Waals surface area contributed by atoms with Crippen LogP contribution in [0.2, 0.25) is 5.02 Å². The van der Waals surface area contributed by atoms with Gasteiger partial charge in [0.25, 0.3) is 5.56 Å². The molecule has 3 aromatic rings. The summed E-state index contributed by atoms with van der Waals surface area (Å²) in [4.78, 5) is 19.7. The van der Waals surface area contributed by atoms with E-state index in [0.717, 1.165) is 17.8 Å². The molecule has 0 spiro atoms. The van der Waals surface area contributed by atoms with E-state index in [4.69, 9.17) is 11.6 Å². The number of halogens is 1. The van der Waals surface area contributed by atoms with Gasteiger partial charge in [-0.1, -0.05) is 11.6 Å². The molecule has 0 bridgehead atoms. The number of allylic oxidation sites excluding steroid dienone is 1. The van der Waals surface area contributed by atoms with Crippen LogP contribution in [0.1, 0.15) is 22.0 Å². The molecule has 0 unspecified atom stereocenters. The summed E-state index contributed by atoms with van der Waals surface area (Å²) >= 11 is 7.78. The van der Waals surface area contributed by atoms with Crippen LogP contribution in [-0.4, -0.2) is 9.55 Å². The van der Waals surface area contributed by atoms with E-state index in [0.29, 0.717) is 22.5 Å².